The van der Waals surface area contributed by atoms with E-state index < -0.39 is 0 Å². The second-order valence-electron chi connectivity index (χ2n) is 15.4. The number of hydrazone groups is 1. The number of anilines is 2. The number of nitrogens with zero attached hydrogens (tertiary/aromatic N) is 7. The first-order valence-electron chi connectivity index (χ1n) is 21.7. The van der Waals surface area contributed by atoms with Gasteiger partial charge in [0.1, 0.15) is 23.5 Å². The lowest BCUT2D eigenvalue weighted by molar-refractivity contribution is 0.112. The molecule has 0 saturated heterocycles. The van der Waals surface area contributed by atoms with Crippen LogP contribution >= 0.6 is 0 Å². The first-order valence-corrected chi connectivity index (χ1v) is 21.7. The summed E-state index contributed by atoms with van der Waals surface area (Å²) in [4.78, 5) is 28.9. The van der Waals surface area contributed by atoms with Gasteiger partial charge >= 0.3 is 0 Å². The number of hydrazine groups is 1. The van der Waals surface area contributed by atoms with Crippen LogP contribution in [0.15, 0.2) is 175 Å². The van der Waals surface area contributed by atoms with Crippen molar-refractivity contribution in [2.75, 3.05) is 45.4 Å². The van der Waals surface area contributed by atoms with Gasteiger partial charge in [-0.05, 0) is 68.8 Å². The fourth-order valence-corrected chi connectivity index (χ4v) is 6.27. The lowest BCUT2D eigenvalue weighted by atomic mass is 10.1. The van der Waals surface area contributed by atoms with Crippen LogP contribution in [-0.2, 0) is 0 Å². The molecule has 8 rings (SSSR count). The van der Waals surface area contributed by atoms with Crippen LogP contribution in [0.1, 0.15) is 35.3 Å². The standard InChI is InChI=1S/C26H24N4O2.C17H16N4.C9H10O2.C3H8O/c1-30(27-18-19-14-22(31-2)16-23(15-19)32-3)26-28-24(20-10-6-4-7-11-20)17-25(29-26)21-12-8-5-9-13-21;1-21(18)17-19-15(13-8-4-2-5-9-13)12-16(20-17)14-10-6-3-7-11-14;1-7-3-8(6-10)5-9(4-7)11-2;1-3(2)4/h4-18H,1-3H3;2-12H,18H2,1H3;3-6H,1-2H3;3-4H,1-2H3/b27-18-;;;. The fraction of sp³-hybridized carbons (Fsp3) is 0.164. The average molecular weight is 911 g/mol. The average Bonchev–Trinajstić information content (AvgIpc) is 3.38. The number of nitrogens with two attached hydrogens (primary N) is 1. The van der Waals surface area contributed by atoms with Crippen LogP contribution in [0.4, 0.5) is 11.9 Å². The van der Waals surface area contributed by atoms with Crippen molar-refractivity contribution in [2.24, 2.45) is 10.9 Å². The lowest BCUT2D eigenvalue weighted by Gasteiger charge is -2.14. The molecule has 0 fully saturated rings. The second kappa shape index (κ2) is 26.0. The van der Waals surface area contributed by atoms with Crippen molar-refractivity contribution in [2.45, 2.75) is 26.9 Å². The Labute approximate surface area is 399 Å². The zero-order chi connectivity index (χ0) is 48.8. The highest BCUT2D eigenvalue weighted by Gasteiger charge is 2.13. The predicted octanol–water partition coefficient (Wildman–Crippen LogP) is 10.6. The van der Waals surface area contributed by atoms with Crippen molar-refractivity contribution >= 4 is 24.4 Å². The van der Waals surface area contributed by atoms with E-state index in [1.165, 1.54) is 5.01 Å². The number of aromatic nitrogens is 4. The molecule has 0 aliphatic carbocycles. The molecule has 6 aromatic carbocycles. The monoisotopic (exact) mass is 910 g/mol. The Hall–Kier alpha value is -8.26. The van der Waals surface area contributed by atoms with Gasteiger partial charge in [0.15, 0.2) is 0 Å². The third kappa shape index (κ3) is 15.7. The molecule has 348 valence electrons. The Morgan fingerprint density at radius 1 is 0.529 bits per heavy atom. The van der Waals surface area contributed by atoms with Crippen molar-refractivity contribution in [3.63, 3.8) is 0 Å². The number of carbonyl (C=O) groups excluding carboxylic acids is 1. The van der Waals surface area contributed by atoms with Gasteiger partial charge in [0.2, 0.25) is 11.9 Å². The Bertz CT molecular complexity index is 2670. The van der Waals surface area contributed by atoms with E-state index in [1.54, 1.807) is 59.5 Å². The first-order chi connectivity index (χ1) is 32.9. The molecule has 0 atom stereocenters. The molecule has 0 unspecified atom stereocenters. The Morgan fingerprint density at radius 3 is 1.21 bits per heavy atom. The predicted molar refractivity (Wildman–Crippen MR) is 274 cm³/mol. The SMILES string of the molecule is CC(C)O.CN(N)c1nc(-c2ccccc2)cc(-c2ccccc2)n1.COc1cc(/C=N\N(C)c2nc(-c3ccccc3)cc(-c3ccccc3)n2)cc(OC)c1.COc1cc(C)cc(C=O)c1. The van der Waals surface area contributed by atoms with Gasteiger partial charge in [-0.2, -0.15) is 5.10 Å². The molecule has 0 amide bonds. The molecule has 0 aliphatic heterocycles. The molecule has 13 heteroatoms. The maximum atomic E-state index is 10.4. The first kappa shape index (κ1) is 50.7. The van der Waals surface area contributed by atoms with Crippen LogP contribution in [0.3, 0.4) is 0 Å². The highest BCUT2D eigenvalue weighted by molar-refractivity contribution is 5.82. The molecule has 2 aromatic heterocycles. The molecule has 0 saturated carbocycles. The Morgan fingerprint density at radius 2 is 0.868 bits per heavy atom. The minimum atomic E-state index is -0.167. The smallest absolute Gasteiger partial charge is 0.247 e. The number of aryl methyl sites for hydroxylation is 1. The van der Waals surface area contributed by atoms with Crippen LogP contribution in [-0.4, -0.2) is 79.1 Å². The summed E-state index contributed by atoms with van der Waals surface area (Å²) >= 11 is 0. The number of aliphatic hydroxyl groups is 1. The van der Waals surface area contributed by atoms with E-state index in [4.69, 9.17) is 35.1 Å². The number of methoxy groups -OCH3 is 3. The molecule has 0 aliphatic rings. The topological polar surface area (TPSA) is 161 Å². The molecule has 3 N–H and O–H groups in total. The summed E-state index contributed by atoms with van der Waals surface area (Å²) in [5, 5.41) is 15.7. The van der Waals surface area contributed by atoms with Gasteiger partial charge in [0, 0.05) is 59.6 Å². The van der Waals surface area contributed by atoms with Crippen molar-refractivity contribution in [3.05, 3.63) is 187 Å². The zero-order valence-corrected chi connectivity index (χ0v) is 39.7. The molecule has 13 nitrogen and oxygen atoms in total. The number of aldehydes is 1. The van der Waals surface area contributed by atoms with Crippen LogP contribution < -0.4 is 30.1 Å². The molecule has 8 aromatic rings. The summed E-state index contributed by atoms with van der Waals surface area (Å²) in [5.74, 6) is 8.93. The van der Waals surface area contributed by atoms with E-state index in [9.17, 15) is 4.79 Å². The molecular formula is C55H58N8O5. The summed E-state index contributed by atoms with van der Waals surface area (Å²) in [5.41, 5.74) is 10.0. The van der Waals surface area contributed by atoms with Crippen molar-refractivity contribution in [1.82, 2.24) is 19.9 Å². The number of aliphatic hydroxyl groups excluding tert-OH is 1. The van der Waals surface area contributed by atoms with Crippen molar-refractivity contribution < 1.29 is 24.1 Å². The number of benzene rings is 6. The van der Waals surface area contributed by atoms with Crippen molar-refractivity contribution in [1.29, 1.82) is 0 Å². The highest BCUT2D eigenvalue weighted by Crippen LogP contribution is 2.28. The lowest BCUT2D eigenvalue weighted by Crippen LogP contribution is -2.27. The van der Waals surface area contributed by atoms with Crippen LogP contribution in [0.5, 0.6) is 17.2 Å². The fourth-order valence-electron chi connectivity index (χ4n) is 6.27. The minimum absolute atomic E-state index is 0.167. The molecule has 68 heavy (non-hydrogen) atoms. The van der Waals surface area contributed by atoms with Gasteiger partial charge in [-0.25, -0.2) is 30.8 Å². The van der Waals surface area contributed by atoms with Crippen molar-refractivity contribution in [3.8, 4) is 62.3 Å². The van der Waals surface area contributed by atoms with Crippen LogP contribution in [0, 0.1) is 6.92 Å². The van der Waals surface area contributed by atoms with Gasteiger partial charge in [0.25, 0.3) is 0 Å². The maximum Gasteiger partial charge on any atom is 0.247 e. The Kier molecular flexibility index (Phi) is 19.4. The van der Waals surface area contributed by atoms with E-state index in [-0.39, 0.29) is 6.10 Å². The molecular weight excluding hydrogens is 853 g/mol. The molecule has 0 spiro atoms. The molecule has 0 bridgehead atoms. The third-order valence-electron chi connectivity index (χ3n) is 9.51. The van der Waals surface area contributed by atoms with Gasteiger partial charge in [-0.1, -0.05) is 121 Å². The van der Waals surface area contributed by atoms with E-state index in [1.807, 2.05) is 178 Å². The molecule has 2 heterocycles. The quantitative estimate of drug-likeness (QED) is 0.0517. The number of carbonyl (C=O) groups is 1. The van der Waals surface area contributed by atoms with E-state index >= 15 is 0 Å². The zero-order valence-electron chi connectivity index (χ0n) is 39.7. The normalized spacial score (nSPS) is 10.3. The number of ether oxygens (including phenoxy) is 3. The van der Waals surface area contributed by atoms with Gasteiger partial charge in [-0.15, -0.1) is 0 Å². The largest absolute Gasteiger partial charge is 0.497 e. The summed E-state index contributed by atoms with van der Waals surface area (Å²) in [6.07, 6.45) is 2.38. The Balaban J connectivity index is 0.000000204. The van der Waals surface area contributed by atoms with E-state index in [0.717, 1.165) is 68.2 Å². The summed E-state index contributed by atoms with van der Waals surface area (Å²) in [6, 6.07) is 55.1. The van der Waals surface area contributed by atoms with Gasteiger partial charge < -0.3 is 19.3 Å². The third-order valence-corrected chi connectivity index (χ3v) is 9.51. The highest BCUT2D eigenvalue weighted by atomic mass is 16.5. The summed E-state index contributed by atoms with van der Waals surface area (Å²) in [7, 11) is 8.39. The van der Waals surface area contributed by atoms with Crippen LogP contribution in [0.25, 0.3) is 45.0 Å². The maximum absolute atomic E-state index is 10.4. The summed E-state index contributed by atoms with van der Waals surface area (Å²) in [6.45, 7) is 5.37. The number of hydrogen-bond acceptors (Lipinski definition) is 13. The summed E-state index contributed by atoms with van der Waals surface area (Å²) < 4.78 is 15.7. The van der Waals surface area contributed by atoms with Gasteiger partial charge in [-0.3, -0.25) is 9.80 Å². The van der Waals surface area contributed by atoms with E-state index in [0.29, 0.717) is 29.0 Å². The van der Waals surface area contributed by atoms with Crippen LogP contribution in [0.2, 0.25) is 0 Å². The number of hydrogen-bond donors (Lipinski definition) is 2. The van der Waals surface area contributed by atoms with E-state index in [2.05, 4.69) is 15.1 Å². The molecule has 0 radical (unpaired) electrons. The minimum Gasteiger partial charge on any atom is -0.497 e. The second-order valence-corrected chi connectivity index (χ2v) is 15.4. The number of rotatable bonds is 12. The van der Waals surface area contributed by atoms with Gasteiger partial charge in [0.05, 0.1) is 50.3 Å².